The molecule has 0 aromatic heterocycles. The fourth-order valence-corrected chi connectivity index (χ4v) is 2.91. The van der Waals surface area contributed by atoms with Gasteiger partial charge in [-0.1, -0.05) is 6.07 Å². The van der Waals surface area contributed by atoms with Crippen molar-refractivity contribution in [3.63, 3.8) is 0 Å². The third-order valence-corrected chi connectivity index (χ3v) is 3.75. The maximum absolute atomic E-state index is 14.0. The average molecular weight is 266 g/mol. The first-order valence-electron chi connectivity index (χ1n) is 6.91. The summed E-state index contributed by atoms with van der Waals surface area (Å²) in [5.41, 5.74) is 7.49. The SMILES string of the molecule is COCC1CCCN(c2cccc(F)c2[C@H](C)N)C1. The molecule has 2 rings (SSSR count). The average Bonchev–Trinajstić information content (AvgIpc) is 2.38. The molecule has 1 aliphatic heterocycles. The van der Waals surface area contributed by atoms with Gasteiger partial charge in [-0.15, -0.1) is 0 Å². The van der Waals surface area contributed by atoms with E-state index in [2.05, 4.69) is 4.90 Å². The van der Waals surface area contributed by atoms with Crippen LogP contribution in [0.3, 0.4) is 0 Å². The van der Waals surface area contributed by atoms with Crippen molar-refractivity contribution in [3.05, 3.63) is 29.6 Å². The molecule has 0 spiro atoms. The fraction of sp³-hybridized carbons (Fsp3) is 0.600. The number of hydrogen-bond acceptors (Lipinski definition) is 3. The molecule has 1 fully saturated rings. The number of piperidine rings is 1. The van der Waals surface area contributed by atoms with Crippen molar-refractivity contribution in [1.29, 1.82) is 0 Å². The Balaban J connectivity index is 2.23. The van der Waals surface area contributed by atoms with E-state index in [1.54, 1.807) is 13.2 Å². The molecule has 2 atom stereocenters. The number of benzene rings is 1. The number of rotatable bonds is 4. The quantitative estimate of drug-likeness (QED) is 0.910. The highest BCUT2D eigenvalue weighted by molar-refractivity contribution is 5.55. The highest BCUT2D eigenvalue weighted by Gasteiger charge is 2.23. The molecule has 1 aromatic carbocycles. The van der Waals surface area contributed by atoms with E-state index in [1.165, 1.54) is 12.5 Å². The summed E-state index contributed by atoms with van der Waals surface area (Å²) in [5, 5.41) is 0. The summed E-state index contributed by atoms with van der Waals surface area (Å²) in [5.74, 6) is 0.310. The first kappa shape index (κ1) is 14.3. The van der Waals surface area contributed by atoms with Crippen molar-refractivity contribution >= 4 is 5.69 Å². The van der Waals surface area contributed by atoms with E-state index < -0.39 is 0 Å². The van der Waals surface area contributed by atoms with Crippen LogP contribution in [-0.4, -0.2) is 26.8 Å². The Bertz CT molecular complexity index is 421. The summed E-state index contributed by atoms with van der Waals surface area (Å²) >= 11 is 0. The molecule has 4 heteroatoms. The summed E-state index contributed by atoms with van der Waals surface area (Å²) in [6.45, 7) is 4.47. The zero-order valence-corrected chi connectivity index (χ0v) is 11.7. The lowest BCUT2D eigenvalue weighted by Gasteiger charge is -2.35. The maximum Gasteiger partial charge on any atom is 0.130 e. The van der Waals surface area contributed by atoms with Crippen molar-refractivity contribution in [2.24, 2.45) is 11.7 Å². The predicted molar refractivity (Wildman–Crippen MR) is 75.8 cm³/mol. The molecule has 3 nitrogen and oxygen atoms in total. The van der Waals surface area contributed by atoms with Crippen molar-refractivity contribution in [3.8, 4) is 0 Å². The fourth-order valence-electron chi connectivity index (χ4n) is 2.91. The minimum atomic E-state index is -0.293. The van der Waals surface area contributed by atoms with E-state index in [0.717, 1.165) is 31.8 Å². The van der Waals surface area contributed by atoms with Gasteiger partial charge in [0.05, 0.1) is 6.61 Å². The summed E-state index contributed by atoms with van der Waals surface area (Å²) in [6, 6.07) is 4.92. The topological polar surface area (TPSA) is 38.5 Å². The van der Waals surface area contributed by atoms with E-state index in [1.807, 2.05) is 13.0 Å². The Kier molecular flexibility index (Phi) is 4.77. The van der Waals surface area contributed by atoms with Crippen LogP contribution < -0.4 is 10.6 Å². The molecule has 106 valence electrons. The van der Waals surface area contributed by atoms with Crippen LogP contribution in [0.25, 0.3) is 0 Å². The van der Waals surface area contributed by atoms with Gasteiger partial charge < -0.3 is 15.4 Å². The van der Waals surface area contributed by atoms with Crippen LogP contribution in [0.5, 0.6) is 0 Å². The van der Waals surface area contributed by atoms with E-state index in [0.29, 0.717) is 11.5 Å². The Labute approximate surface area is 114 Å². The van der Waals surface area contributed by atoms with Crippen molar-refractivity contribution in [2.45, 2.75) is 25.8 Å². The summed E-state index contributed by atoms with van der Waals surface area (Å²) in [4.78, 5) is 2.24. The molecule has 2 N–H and O–H groups in total. The molecule has 0 saturated carbocycles. The number of ether oxygens (including phenoxy) is 1. The van der Waals surface area contributed by atoms with E-state index >= 15 is 0 Å². The van der Waals surface area contributed by atoms with Gasteiger partial charge in [0, 0.05) is 37.5 Å². The number of nitrogens with zero attached hydrogens (tertiary/aromatic N) is 1. The second kappa shape index (κ2) is 6.35. The lowest BCUT2D eigenvalue weighted by Crippen LogP contribution is -2.38. The zero-order chi connectivity index (χ0) is 13.8. The van der Waals surface area contributed by atoms with Crippen LogP contribution in [0.1, 0.15) is 31.4 Å². The van der Waals surface area contributed by atoms with Gasteiger partial charge in [-0.3, -0.25) is 0 Å². The van der Waals surface area contributed by atoms with Crippen LogP contribution in [0, 0.1) is 11.7 Å². The number of halogens is 1. The van der Waals surface area contributed by atoms with Crippen molar-refractivity contribution in [2.75, 3.05) is 31.7 Å². The molecular weight excluding hydrogens is 243 g/mol. The molecule has 0 amide bonds. The molecule has 1 aromatic rings. The molecule has 0 radical (unpaired) electrons. The third kappa shape index (κ3) is 3.25. The van der Waals surface area contributed by atoms with Crippen LogP contribution in [-0.2, 0) is 4.74 Å². The number of methoxy groups -OCH3 is 1. The van der Waals surface area contributed by atoms with E-state index in [4.69, 9.17) is 10.5 Å². The monoisotopic (exact) mass is 266 g/mol. The Morgan fingerprint density at radius 1 is 1.53 bits per heavy atom. The number of anilines is 1. The Morgan fingerprint density at radius 2 is 2.32 bits per heavy atom. The highest BCUT2D eigenvalue weighted by Crippen LogP contribution is 2.31. The molecule has 1 unspecified atom stereocenters. The Hall–Kier alpha value is -1.13. The van der Waals surface area contributed by atoms with Gasteiger partial charge in [-0.05, 0) is 37.8 Å². The molecule has 1 heterocycles. The standard InChI is InChI=1S/C15H23FN2O/c1-11(17)15-13(16)6-3-7-14(15)18-8-4-5-12(9-18)10-19-2/h3,6-7,11-12H,4-5,8-10,17H2,1-2H3/t11-,12?/m0/s1. The molecule has 19 heavy (non-hydrogen) atoms. The smallest absolute Gasteiger partial charge is 0.130 e. The molecule has 1 aliphatic rings. The number of hydrogen-bond donors (Lipinski definition) is 1. The van der Waals surface area contributed by atoms with Crippen LogP contribution in [0.2, 0.25) is 0 Å². The maximum atomic E-state index is 14.0. The zero-order valence-electron chi connectivity index (χ0n) is 11.7. The van der Waals surface area contributed by atoms with Gasteiger partial charge in [-0.25, -0.2) is 4.39 Å². The number of nitrogens with two attached hydrogens (primary N) is 1. The second-order valence-electron chi connectivity index (χ2n) is 5.37. The first-order valence-corrected chi connectivity index (χ1v) is 6.91. The molecule has 0 bridgehead atoms. The summed E-state index contributed by atoms with van der Waals surface area (Å²) in [7, 11) is 1.73. The lowest BCUT2D eigenvalue weighted by molar-refractivity contribution is 0.143. The minimum absolute atomic E-state index is 0.207. The molecule has 1 saturated heterocycles. The second-order valence-corrected chi connectivity index (χ2v) is 5.37. The van der Waals surface area contributed by atoms with Crippen LogP contribution >= 0.6 is 0 Å². The lowest BCUT2D eigenvalue weighted by atomic mass is 9.96. The van der Waals surface area contributed by atoms with Crippen LogP contribution in [0.4, 0.5) is 10.1 Å². The third-order valence-electron chi connectivity index (χ3n) is 3.75. The first-order chi connectivity index (χ1) is 9.13. The van der Waals surface area contributed by atoms with E-state index in [9.17, 15) is 4.39 Å². The van der Waals surface area contributed by atoms with Crippen molar-refractivity contribution in [1.82, 2.24) is 0 Å². The Morgan fingerprint density at radius 3 is 3.00 bits per heavy atom. The van der Waals surface area contributed by atoms with Gasteiger partial charge in [0.15, 0.2) is 0 Å². The highest BCUT2D eigenvalue weighted by atomic mass is 19.1. The van der Waals surface area contributed by atoms with Gasteiger partial charge in [0.25, 0.3) is 0 Å². The normalized spacial score (nSPS) is 21.5. The van der Waals surface area contributed by atoms with Crippen LogP contribution in [0.15, 0.2) is 18.2 Å². The predicted octanol–water partition coefficient (Wildman–Crippen LogP) is 2.71. The summed E-state index contributed by atoms with van der Waals surface area (Å²) in [6.07, 6.45) is 2.29. The molecular formula is C15H23FN2O. The van der Waals surface area contributed by atoms with E-state index in [-0.39, 0.29) is 11.9 Å². The van der Waals surface area contributed by atoms with Gasteiger partial charge in [-0.2, -0.15) is 0 Å². The van der Waals surface area contributed by atoms with Gasteiger partial charge >= 0.3 is 0 Å². The largest absolute Gasteiger partial charge is 0.384 e. The minimum Gasteiger partial charge on any atom is -0.384 e. The van der Waals surface area contributed by atoms with Gasteiger partial charge in [0.2, 0.25) is 0 Å². The summed E-state index contributed by atoms with van der Waals surface area (Å²) < 4.78 is 19.2. The van der Waals surface area contributed by atoms with Gasteiger partial charge in [0.1, 0.15) is 5.82 Å². The van der Waals surface area contributed by atoms with Crippen molar-refractivity contribution < 1.29 is 9.13 Å². The molecule has 0 aliphatic carbocycles.